The average Bonchev–Trinajstić information content (AvgIpc) is 3.00. The van der Waals surface area contributed by atoms with Crippen LogP contribution in [0.25, 0.3) is 0 Å². The second kappa shape index (κ2) is 7.27. The van der Waals surface area contributed by atoms with Crippen molar-refractivity contribution in [2.45, 2.75) is 64.1 Å². The Morgan fingerprint density at radius 3 is 3.00 bits per heavy atom. The first kappa shape index (κ1) is 14.8. The maximum atomic E-state index is 6.16. The molecule has 0 aromatic carbocycles. The van der Waals surface area contributed by atoms with Gasteiger partial charge >= 0.3 is 0 Å². The fourth-order valence-corrected chi connectivity index (χ4v) is 2.82. The zero-order valence-corrected chi connectivity index (χ0v) is 12.6. The van der Waals surface area contributed by atoms with E-state index in [0.29, 0.717) is 17.3 Å². The molecule has 0 radical (unpaired) electrons. The molecule has 2 atom stereocenters. The van der Waals surface area contributed by atoms with Gasteiger partial charge in [0.2, 0.25) is 0 Å². The lowest BCUT2D eigenvalue weighted by molar-refractivity contribution is 0.107. The number of aryl methyl sites for hydroxylation is 1. The minimum absolute atomic E-state index is 0.412. The van der Waals surface area contributed by atoms with Crippen LogP contribution in [0.4, 0.5) is 0 Å². The molecule has 108 valence electrons. The molecule has 2 unspecified atom stereocenters. The maximum Gasteiger partial charge on any atom is 0.151 e. The number of hydrogen-bond donors (Lipinski definition) is 2. The van der Waals surface area contributed by atoms with E-state index < -0.39 is 0 Å². The molecule has 19 heavy (non-hydrogen) atoms. The van der Waals surface area contributed by atoms with Crippen molar-refractivity contribution in [1.29, 1.82) is 0 Å². The zero-order chi connectivity index (χ0) is 13.7. The topological polar surface area (TPSA) is 49.9 Å². The molecule has 0 saturated heterocycles. The van der Waals surface area contributed by atoms with Crippen LogP contribution < -0.4 is 5.32 Å². The van der Waals surface area contributed by atoms with Crippen LogP contribution in [0.15, 0.2) is 0 Å². The number of ether oxygens (including phenoxy) is 1. The van der Waals surface area contributed by atoms with Crippen molar-refractivity contribution in [2.24, 2.45) is 0 Å². The standard InChI is InChI=1S/C14H24ClN3O/c1-3-4-5-13-17-12(14(15)18-13)9-16-10-6-7-11(8-10)19-2/h10-11,16H,3-9H2,1-2H3,(H,17,18). The number of aromatic nitrogens is 2. The first-order chi connectivity index (χ1) is 9.22. The first-order valence-electron chi connectivity index (χ1n) is 7.22. The second-order valence-corrected chi connectivity index (χ2v) is 5.66. The summed E-state index contributed by atoms with van der Waals surface area (Å²) >= 11 is 6.16. The third-order valence-electron chi connectivity index (χ3n) is 3.83. The number of nitrogens with zero attached hydrogens (tertiary/aromatic N) is 1. The molecule has 2 rings (SSSR count). The summed E-state index contributed by atoms with van der Waals surface area (Å²) < 4.78 is 5.38. The van der Waals surface area contributed by atoms with E-state index in [1.807, 2.05) is 0 Å². The summed E-state index contributed by atoms with van der Waals surface area (Å²) in [5.74, 6) is 1.00. The number of halogens is 1. The molecule has 1 aromatic rings. The van der Waals surface area contributed by atoms with Crippen LogP contribution in [0.3, 0.4) is 0 Å². The summed E-state index contributed by atoms with van der Waals surface area (Å²) in [7, 11) is 1.79. The fraction of sp³-hybridized carbons (Fsp3) is 0.786. The number of rotatable bonds is 7. The Kier molecular flexibility index (Phi) is 5.67. The van der Waals surface area contributed by atoms with Gasteiger partial charge in [-0.15, -0.1) is 0 Å². The van der Waals surface area contributed by atoms with E-state index in [4.69, 9.17) is 16.3 Å². The van der Waals surface area contributed by atoms with Crippen LogP contribution in [-0.4, -0.2) is 29.2 Å². The van der Waals surface area contributed by atoms with Gasteiger partial charge in [-0.3, -0.25) is 0 Å². The van der Waals surface area contributed by atoms with Crippen LogP contribution in [0.5, 0.6) is 0 Å². The van der Waals surface area contributed by atoms with Crippen molar-refractivity contribution in [2.75, 3.05) is 7.11 Å². The van der Waals surface area contributed by atoms with Crippen molar-refractivity contribution in [3.8, 4) is 0 Å². The number of aromatic amines is 1. The van der Waals surface area contributed by atoms with Gasteiger partial charge < -0.3 is 15.0 Å². The molecule has 1 saturated carbocycles. The van der Waals surface area contributed by atoms with Crippen molar-refractivity contribution in [1.82, 2.24) is 15.3 Å². The van der Waals surface area contributed by atoms with Gasteiger partial charge in [-0.25, -0.2) is 4.98 Å². The number of methoxy groups -OCH3 is 1. The van der Waals surface area contributed by atoms with Crippen molar-refractivity contribution >= 4 is 11.6 Å². The van der Waals surface area contributed by atoms with E-state index in [1.165, 1.54) is 12.8 Å². The molecule has 0 aliphatic heterocycles. The molecule has 4 nitrogen and oxygen atoms in total. The van der Waals surface area contributed by atoms with Crippen LogP contribution >= 0.6 is 11.6 Å². The minimum Gasteiger partial charge on any atom is -0.381 e. The monoisotopic (exact) mass is 285 g/mol. The number of unbranched alkanes of at least 4 members (excludes halogenated alkanes) is 1. The molecular formula is C14H24ClN3O. The van der Waals surface area contributed by atoms with Gasteiger partial charge in [0.25, 0.3) is 0 Å². The Morgan fingerprint density at radius 2 is 2.32 bits per heavy atom. The highest BCUT2D eigenvalue weighted by molar-refractivity contribution is 6.30. The molecule has 1 aromatic heterocycles. The Morgan fingerprint density at radius 1 is 1.47 bits per heavy atom. The highest BCUT2D eigenvalue weighted by atomic mass is 35.5. The van der Waals surface area contributed by atoms with Gasteiger partial charge in [0.1, 0.15) is 5.82 Å². The van der Waals surface area contributed by atoms with E-state index in [2.05, 4.69) is 22.2 Å². The molecule has 0 spiro atoms. The third kappa shape index (κ3) is 4.20. The fourth-order valence-electron chi connectivity index (χ4n) is 2.61. The number of nitrogens with one attached hydrogen (secondary N) is 2. The minimum atomic E-state index is 0.412. The predicted octanol–water partition coefficient (Wildman–Crippen LogP) is 3.06. The molecule has 2 N–H and O–H groups in total. The van der Waals surface area contributed by atoms with Crippen LogP contribution in [-0.2, 0) is 17.7 Å². The lowest BCUT2D eigenvalue weighted by atomic mass is 10.2. The first-order valence-corrected chi connectivity index (χ1v) is 7.60. The van der Waals surface area contributed by atoms with Crippen molar-refractivity contribution in [3.05, 3.63) is 16.7 Å². The third-order valence-corrected chi connectivity index (χ3v) is 4.14. The van der Waals surface area contributed by atoms with Crippen molar-refractivity contribution < 1.29 is 4.74 Å². The van der Waals surface area contributed by atoms with Crippen LogP contribution in [0.2, 0.25) is 5.15 Å². The summed E-state index contributed by atoms with van der Waals surface area (Å²) in [6.45, 7) is 2.94. The van der Waals surface area contributed by atoms with Crippen LogP contribution in [0, 0.1) is 0 Å². The van der Waals surface area contributed by atoms with E-state index >= 15 is 0 Å². The lowest BCUT2D eigenvalue weighted by Crippen LogP contribution is -2.26. The summed E-state index contributed by atoms with van der Waals surface area (Å²) in [5, 5.41) is 4.15. The number of imidazole rings is 1. The average molecular weight is 286 g/mol. The molecule has 1 aliphatic carbocycles. The van der Waals surface area contributed by atoms with Gasteiger partial charge in [-0.2, -0.15) is 0 Å². The van der Waals surface area contributed by atoms with Gasteiger partial charge in [0.15, 0.2) is 5.15 Å². The number of H-pyrrole nitrogens is 1. The van der Waals surface area contributed by atoms with Gasteiger partial charge in [0, 0.05) is 26.1 Å². The SMILES string of the molecule is CCCCc1nc(Cl)c(CNC2CCC(OC)C2)[nH]1. The quantitative estimate of drug-likeness (QED) is 0.809. The van der Waals surface area contributed by atoms with E-state index in [-0.39, 0.29) is 0 Å². The van der Waals surface area contributed by atoms with Gasteiger partial charge in [-0.05, 0) is 25.7 Å². The Bertz CT molecular complexity index is 394. The maximum absolute atomic E-state index is 6.16. The zero-order valence-electron chi connectivity index (χ0n) is 11.8. The van der Waals surface area contributed by atoms with Crippen molar-refractivity contribution in [3.63, 3.8) is 0 Å². The molecule has 5 heteroatoms. The summed E-state index contributed by atoms with van der Waals surface area (Å²) in [6, 6.07) is 0.531. The largest absolute Gasteiger partial charge is 0.381 e. The second-order valence-electron chi connectivity index (χ2n) is 5.31. The summed E-state index contributed by atoms with van der Waals surface area (Å²) in [4.78, 5) is 7.70. The lowest BCUT2D eigenvalue weighted by Gasteiger charge is -2.12. The molecule has 1 aliphatic rings. The highest BCUT2D eigenvalue weighted by Gasteiger charge is 2.24. The summed E-state index contributed by atoms with van der Waals surface area (Å²) in [6.07, 6.45) is 7.12. The number of hydrogen-bond acceptors (Lipinski definition) is 3. The Labute approximate surface area is 120 Å². The Hall–Kier alpha value is -0.580. The van der Waals surface area contributed by atoms with Crippen LogP contribution in [0.1, 0.15) is 50.5 Å². The van der Waals surface area contributed by atoms with Gasteiger partial charge in [0.05, 0.1) is 11.8 Å². The smallest absolute Gasteiger partial charge is 0.151 e. The predicted molar refractivity (Wildman–Crippen MR) is 77.5 cm³/mol. The van der Waals surface area contributed by atoms with E-state index in [0.717, 1.165) is 43.7 Å². The summed E-state index contributed by atoms with van der Waals surface area (Å²) in [5.41, 5.74) is 1.01. The van der Waals surface area contributed by atoms with E-state index in [1.54, 1.807) is 7.11 Å². The van der Waals surface area contributed by atoms with E-state index in [9.17, 15) is 0 Å². The molecule has 1 heterocycles. The molecule has 0 amide bonds. The molecule has 0 bridgehead atoms. The Balaban J connectivity index is 1.81. The van der Waals surface area contributed by atoms with Gasteiger partial charge in [-0.1, -0.05) is 24.9 Å². The molecular weight excluding hydrogens is 262 g/mol. The molecule has 1 fully saturated rings. The normalized spacial score (nSPS) is 23.1. The highest BCUT2D eigenvalue weighted by Crippen LogP contribution is 2.22.